The van der Waals surface area contributed by atoms with E-state index in [1.54, 1.807) is 13.3 Å². The van der Waals surface area contributed by atoms with Gasteiger partial charge < -0.3 is 14.8 Å². The number of hydrogen-bond acceptors (Lipinski definition) is 4. The van der Waals surface area contributed by atoms with E-state index >= 15 is 0 Å². The van der Waals surface area contributed by atoms with Crippen LogP contribution in [0.25, 0.3) is 0 Å². The van der Waals surface area contributed by atoms with Crippen LogP contribution in [0.1, 0.15) is 18.9 Å². The van der Waals surface area contributed by atoms with Crippen molar-refractivity contribution in [2.45, 2.75) is 18.9 Å². The van der Waals surface area contributed by atoms with E-state index in [4.69, 9.17) is 9.47 Å². The first kappa shape index (κ1) is 13.0. The molecule has 0 bridgehead atoms. The zero-order chi connectivity index (χ0) is 13.8. The number of hydrogen-bond donors (Lipinski definition) is 1. The average Bonchev–Trinajstić information content (AvgIpc) is 2.97. The molecule has 1 N–H and O–H groups in total. The molecule has 5 heteroatoms. The number of methoxy groups -OCH3 is 1. The lowest BCUT2D eigenvalue weighted by atomic mass is 10.1. The predicted octanol–water partition coefficient (Wildman–Crippen LogP) is 2.61. The van der Waals surface area contributed by atoms with Gasteiger partial charge >= 0.3 is 0 Å². The summed E-state index contributed by atoms with van der Waals surface area (Å²) in [6, 6.07) is 8.02. The Bertz CT molecular complexity index is 545. The molecular formula is C15H19N3O2. The molecule has 1 saturated heterocycles. The zero-order valence-corrected chi connectivity index (χ0v) is 11.6. The second-order valence-corrected chi connectivity index (χ2v) is 4.91. The highest BCUT2D eigenvalue weighted by molar-refractivity contribution is 5.34. The molecule has 0 radical (unpaired) electrons. The molecule has 1 aromatic carbocycles. The molecule has 1 aliphatic rings. The summed E-state index contributed by atoms with van der Waals surface area (Å²) in [7, 11) is 1.65. The van der Waals surface area contributed by atoms with Crippen LogP contribution >= 0.6 is 0 Å². The van der Waals surface area contributed by atoms with Gasteiger partial charge in [0.05, 0.1) is 25.5 Å². The molecule has 3 rings (SSSR count). The van der Waals surface area contributed by atoms with Crippen molar-refractivity contribution in [2.24, 2.45) is 0 Å². The maximum atomic E-state index is 5.79. The minimum absolute atomic E-state index is 0.476. The fourth-order valence-corrected chi connectivity index (χ4v) is 2.42. The van der Waals surface area contributed by atoms with E-state index < -0.39 is 0 Å². The van der Waals surface area contributed by atoms with Gasteiger partial charge in [0.2, 0.25) is 0 Å². The molecule has 5 nitrogen and oxygen atoms in total. The van der Waals surface area contributed by atoms with E-state index in [1.165, 1.54) is 0 Å². The second kappa shape index (κ2) is 5.96. The maximum Gasteiger partial charge on any atom is 0.165 e. The SMILES string of the molecule is COc1ccc(Oc2cnn(C3CCNCC3)c2)cc1. The van der Waals surface area contributed by atoms with Crippen LogP contribution in [-0.4, -0.2) is 30.0 Å². The molecule has 0 amide bonds. The third-order valence-electron chi connectivity index (χ3n) is 3.56. The highest BCUT2D eigenvalue weighted by atomic mass is 16.5. The lowest BCUT2D eigenvalue weighted by molar-refractivity contribution is 0.342. The normalized spacial score (nSPS) is 16.1. The van der Waals surface area contributed by atoms with Crippen LogP contribution in [0.4, 0.5) is 0 Å². The highest BCUT2D eigenvalue weighted by Crippen LogP contribution is 2.25. The van der Waals surface area contributed by atoms with E-state index in [1.807, 2.05) is 35.1 Å². The molecule has 1 fully saturated rings. The summed E-state index contributed by atoms with van der Waals surface area (Å²) in [5.41, 5.74) is 0. The third kappa shape index (κ3) is 2.93. The maximum absolute atomic E-state index is 5.79. The molecule has 0 unspecified atom stereocenters. The second-order valence-electron chi connectivity index (χ2n) is 4.91. The van der Waals surface area contributed by atoms with Gasteiger partial charge in [-0.15, -0.1) is 0 Å². The molecule has 0 spiro atoms. The minimum Gasteiger partial charge on any atom is -0.497 e. The first-order valence-corrected chi connectivity index (χ1v) is 6.92. The van der Waals surface area contributed by atoms with E-state index in [2.05, 4.69) is 10.4 Å². The van der Waals surface area contributed by atoms with E-state index in [0.717, 1.165) is 43.2 Å². The number of rotatable bonds is 4. The molecule has 2 aromatic rings. The Hall–Kier alpha value is -2.01. The van der Waals surface area contributed by atoms with E-state index in [9.17, 15) is 0 Å². The minimum atomic E-state index is 0.476. The van der Waals surface area contributed by atoms with Crippen LogP contribution in [0.2, 0.25) is 0 Å². The first-order chi connectivity index (χ1) is 9.85. The van der Waals surface area contributed by atoms with Crippen molar-refractivity contribution in [2.75, 3.05) is 20.2 Å². The number of ether oxygens (including phenoxy) is 2. The Morgan fingerprint density at radius 3 is 2.50 bits per heavy atom. The summed E-state index contributed by atoms with van der Waals surface area (Å²) in [5, 5.41) is 7.77. The smallest absolute Gasteiger partial charge is 0.165 e. The molecule has 0 saturated carbocycles. The van der Waals surface area contributed by atoms with Gasteiger partial charge in [0.25, 0.3) is 0 Å². The Morgan fingerprint density at radius 2 is 1.80 bits per heavy atom. The van der Waals surface area contributed by atoms with Gasteiger partial charge in [-0.1, -0.05) is 0 Å². The molecule has 2 heterocycles. The van der Waals surface area contributed by atoms with Crippen LogP contribution in [-0.2, 0) is 0 Å². The van der Waals surface area contributed by atoms with Gasteiger partial charge in [0.1, 0.15) is 11.5 Å². The van der Waals surface area contributed by atoms with Crippen LogP contribution in [0.5, 0.6) is 17.2 Å². The molecule has 1 aromatic heterocycles. The van der Waals surface area contributed by atoms with Crippen LogP contribution in [0, 0.1) is 0 Å². The molecule has 20 heavy (non-hydrogen) atoms. The summed E-state index contributed by atoms with van der Waals surface area (Å²) < 4.78 is 12.9. The van der Waals surface area contributed by atoms with Crippen molar-refractivity contribution in [3.8, 4) is 17.2 Å². The third-order valence-corrected chi connectivity index (χ3v) is 3.56. The fourth-order valence-electron chi connectivity index (χ4n) is 2.42. The van der Waals surface area contributed by atoms with Crippen LogP contribution < -0.4 is 14.8 Å². The van der Waals surface area contributed by atoms with Gasteiger partial charge in [0, 0.05) is 0 Å². The molecule has 1 aliphatic heterocycles. The summed E-state index contributed by atoms with van der Waals surface area (Å²) in [5.74, 6) is 2.38. The van der Waals surface area contributed by atoms with Crippen molar-refractivity contribution in [3.63, 3.8) is 0 Å². The first-order valence-electron chi connectivity index (χ1n) is 6.92. The summed E-state index contributed by atoms with van der Waals surface area (Å²) >= 11 is 0. The van der Waals surface area contributed by atoms with Gasteiger partial charge in [-0.05, 0) is 50.2 Å². The monoisotopic (exact) mass is 273 g/mol. The largest absolute Gasteiger partial charge is 0.497 e. The lowest BCUT2D eigenvalue weighted by Gasteiger charge is -2.22. The Kier molecular flexibility index (Phi) is 3.87. The van der Waals surface area contributed by atoms with Gasteiger partial charge in [-0.3, -0.25) is 4.68 Å². The standard InChI is InChI=1S/C15H19N3O2/c1-19-13-2-4-14(5-3-13)20-15-10-17-18(11-15)12-6-8-16-9-7-12/h2-5,10-12,16H,6-9H2,1H3. The van der Waals surface area contributed by atoms with Crippen molar-refractivity contribution < 1.29 is 9.47 Å². The summed E-state index contributed by atoms with van der Waals surface area (Å²) in [6.45, 7) is 2.11. The van der Waals surface area contributed by atoms with Gasteiger partial charge in [-0.25, -0.2) is 0 Å². The summed E-state index contributed by atoms with van der Waals surface area (Å²) in [4.78, 5) is 0. The fraction of sp³-hybridized carbons (Fsp3) is 0.400. The molecule has 0 aliphatic carbocycles. The van der Waals surface area contributed by atoms with Gasteiger partial charge in [-0.2, -0.15) is 5.10 Å². The Labute approximate surface area is 118 Å². The van der Waals surface area contributed by atoms with Crippen molar-refractivity contribution in [1.29, 1.82) is 0 Å². The Morgan fingerprint density at radius 1 is 1.10 bits per heavy atom. The van der Waals surface area contributed by atoms with Crippen LogP contribution in [0.3, 0.4) is 0 Å². The number of benzene rings is 1. The van der Waals surface area contributed by atoms with Gasteiger partial charge in [0.15, 0.2) is 5.75 Å². The van der Waals surface area contributed by atoms with Crippen LogP contribution in [0.15, 0.2) is 36.7 Å². The lowest BCUT2D eigenvalue weighted by Crippen LogP contribution is -2.29. The summed E-state index contributed by atoms with van der Waals surface area (Å²) in [6.07, 6.45) is 5.97. The van der Waals surface area contributed by atoms with E-state index in [0.29, 0.717) is 6.04 Å². The van der Waals surface area contributed by atoms with E-state index in [-0.39, 0.29) is 0 Å². The Balaban J connectivity index is 1.66. The van der Waals surface area contributed by atoms with Crippen molar-refractivity contribution in [1.82, 2.24) is 15.1 Å². The topological polar surface area (TPSA) is 48.3 Å². The number of piperidine rings is 1. The average molecular weight is 273 g/mol. The molecule has 106 valence electrons. The zero-order valence-electron chi connectivity index (χ0n) is 11.6. The number of aromatic nitrogens is 2. The highest BCUT2D eigenvalue weighted by Gasteiger charge is 2.16. The molecule has 0 atom stereocenters. The molecular weight excluding hydrogens is 254 g/mol. The van der Waals surface area contributed by atoms with Crippen molar-refractivity contribution >= 4 is 0 Å². The van der Waals surface area contributed by atoms with Crippen molar-refractivity contribution in [3.05, 3.63) is 36.7 Å². The number of nitrogens with zero attached hydrogens (tertiary/aromatic N) is 2. The quantitative estimate of drug-likeness (QED) is 0.930. The number of nitrogens with one attached hydrogen (secondary N) is 1. The predicted molar refractivity (Wildman–Crippen MR) is 76.4 cm³/mol.